The third kappa shape index (κ3) is 4.75. The molecule has 0 saturated heterocycles. The molecule has 27 heavy (non-hydrogen) atoms. The Morgan fingerprint density at radius 1 is 1.30 bits per heavy atom. The van der Waals surface area contributed by atoms with Crippen molar-refractivity contribution in [3.05, 3.63) is 34.3 Å². The average molecular weight is 390 g/mol. The fraction of sp³-hybridized carbons (Fsp3) is 0.389. The number of hydrogen-bond donors (Lipinski definition) is 2. The van der Waals surface area contributed by atoms with Crippen molar-refractivity contribution in [1.82, 2.24) is 9.88 Å². The molecule has 1 aliphatic heterocycles. The van der Waals surface area contributed by atoms with Gasteiger partial charge in [-0.25, -0.2) is 4.98 Å². The summed E-state index contributed by atoms with van der Waals surface area (Å²) in [7, 11) is 0. The second-order valence-corrected chi connectivity index (χ2v) is 6.83. The number of likely N-dealkylation sites (N-methyl/N-ethyl adjacent to an activating group) is 1. The Morgan fingerprint density at radius 3 is 2.81 bits per heavy atom. The molecule has 3 rings (SSSR count). The predicted molar refractivity (Wildman–Crippen MR) is 103 cm³/mol. The summed E-state index contributed by atoms with van der Waals surface area (Å²) in [6, 6.07) is 5.20. The fourth-order valence-corrected chi connectivity index (χ4v) is 3.42. The summed E-state index contributed by atoms with van der Waals surface area (Å²) in [6.45, 7) is 3.63. The van der Waals surface area contributed by atoms with Gasteiger partial charge in [0, 0.05) is 30.1 Å². The number of nitrogens with zero attached hydrogens (tertiary/aromatic N) is 2. The highest BCUT2D eigenvalue weighted by molar-refractivity contribution is 7.09. The van der Waals surface area contributed by atoms with Crippen LogP contribution in [0, 0.1) is 0 Å². The molecule has 2 heterocycles. The lowest BCUT2D eigenvalue weighted by atomic mass is 10.2. The van der Waals surface area contributed by atoms with E-state index in [4.69, 9.17) is 15.2 Å². The van der Waals surface area contributed by atoms with Crippen LogP contribution >= 0.6 is 11.3 Å². The van der Waals surface area contributed by atoms with Gasteiger partial charge in [-0.3, -0.25) is 9.59 Å². The molecule has 0 aliphatic carbocycles. The Labute approximate surface area is 161 Å². The molecular weight excluding hydrogens is 368 g/mol. The van der Waals surface area contributed by atoms with Crippen LogP contribution in [0.5, 0.6) is 11.5 Å². The van der Waals surface area contributed by atoms with Crippen molar-refractivity contribution in [1.29, 1.82) is 0 Å². The van der Waals surface area contributed by atoms with Gasteiger partial charge in [0.15, 0.2) is 11.5 Å². The SMILES string of the molecule is CCN(CC(=O)Nc1ccc2c(c1)OCCO2)C(=O)c1csc(CCN)n1. The molecule has 2 amide bonds. The molecule has 0 radical (unpaired) electrons. The minimum atomic E-state index is -0.292. The molecule has 0 bridgehead atoms. The zero-order chi connectivity index (χ0) is 19.2. The lowest BCUT2D eigenvalue weighted by Gasteiger charge is -2.21. The van der Waals surface area contributed by atoms with Crippen molar-refractivity contribution in [2.45, 2.75) is 13.3 Å². The summed E-state index contributed by atoms with van der Waals surface area (Å²) in [5.74, 6) is 0.687. The smallest absolute Gasteiger partial charge is 0.273 e. The van der Waals surface area contributed by atoms with Crippen LogP contribution in [-0.2, 0) is 11.2 Å². The normalized spacial score (nSPS) is 12.5. The maximum absolute atomic E-state index is 12.6. The minimum Gasteiger partial charge on any atom is -0.486 e. The van der Waals surface area contributed by atoms with Crippen molar-refractivity contribution in [3.8, 4) is 11.5 Å². The standard InChI is InChI=1S/C18H22N4O4S/c1-2-22(18(24)13-11-27-17(21-13)5-6-19)10-16(23)20-12-3-4-14-15(9-12)26-8-7-25-14/h3-4,9,11H,2,5-8,10,19H2,1H3,(H,20,23). The predicted octanol–water partition coefficient (Wildman–Crippen LogP) is 1.52. The molecule has 9 heteroatoms. The van der Waals surface area contributed by atoms with E-state index in [1.807, 2.05) is 6.92 Å². The van der Waals surface area contributed by atoms with Crippen molar-refractivity contribution in [3.63, 3.8) is 0 Å². The summed E-state index contributed by atoms with van der Waals surface area (Å²) in [4.78, 5) is 30.7. The van der Waals surface area contributed by atoms with Crippen LogP contribution in [0.15, 0.2) is 23.6 Å². The molecule has 144 valence electrons. The van der Waals surface area contributed by atoms with Crippen LogP contribution in [0.25, 0.3) is 0 Å². The number of anilines is 1. The lowest BCUT2D eigenvalue weighted by Crippen LogP contribution is -2.38. The van der Waals surface area contributed by atoms with E-state index in [0.29, 0.717) is 55.6 Å². The topological polar surface area (TPSA) is 107 Å². The van der Waals surface area contributed by atoms with E-state index in [9.17, 15) is 9.59 Å². The Kier molecular flexibility index (Phi) is 6.25. The summed E-state index contributed by atoms with van der Waals surface area (Å²) >= 11 is 1.40. The van der Waals surface area contributed by atoms with Gasteiger partial charge >= 0.3 is 0 Å². The van der Waals surface area contributed by atoms with E-state index in [-0.39, 0.29) is 18.4 Å². The van der Waals surface area contributed by atoms with Gasteiger partial charge in [-0.05, 0) is 25.6 Å². The molecule has 0 unspecified atom stereocenters. The molecule has 0 fully saturated rings. The molecule has 8 nitrogen and oxygen atoms in total. The van der Waals surface area contributed by atoms with E-state index >= 15 is 0 Å². The van der Waals surface area contributed by atoms with E-state index in [1.165, 1.54) is 16.2 Å². The second-order valence-electron chi connectivity index (χ2n) is 5.89. The number of hydrogen-bond acceptors (Lipinski definition) is 7. The Bertz CT molecular complexity index is 823. The molecular formula is C18H22N4O4S. The second kappa shape index (κ2) is 8.83. The number of benzene rings is 1. The zero-order valence-electron chi connectivity index (χ0n) is 15.1. The van der Waals surface area contributed by atoms with Crippen molar-refractivity contribution >= 4 is 28.8 Å². The van der Waals surface area contributed by atoms with E-state index in [2.05, 4.69) is 10.3 Å². The van der Waals surface area contributed by atoms with Crippen LogP contribution in [-0.4, -0.2) is 54.5 Å². The quantitative estimate of drug-likeness (QED) is 0.742. The Morgan fingerprint density at radius 2 is 2.07 bits per heavy atom. The van der Waals surface area contributed by atoms with Crippen molar-refractivity contribution in [2.75, 3.05) is 38.2 Å². The van der Waals surface area contributed by atoms with Gasteiger partial charge < -0.3 is 25.4 Å². The first-order valence-corrected chi connectivity index (χ1v) is 9.62. The number of amides is 2. The molecule has 1 aliphatic rings. The number of nitrogens with two attached hydrogens (primary N) is 1. The van der Waals surface area contributed by atoms with Crippen LogP contribution in [0.3, 0.4) is 0 Å². The molecule has 1 aromatic heterocycles. The highest BCUT2D eigenvalue weighted by Crippen LogP contribution is 2.32. The number of thiazole rings is 1. The fourth-order valence-electron chi connectivity index (χ4n) is 2.63. The van der Waals surface area contributed by atoms with Gasteiger partial charge in [0.1, 0.15) is 25.5 Å². The minimum absolute atomic E-state index is 0.0620. The van der Waals surface area contributed by atoms with E-state index in [0.717, 1.165) is 5.01 Å². The van der Waals surface area contributed by atoms with E-state index in [1.54, 1.807) is 23.6 Å². The Balaban J connectivity index is 1.61. The number of nitrogens with one attached hydrogen (secondary N) is 1. The van der Waals surface area contributed by atoms with Gasteiger partial charge in [0.25, 0.3) is 5.91 Å². The molecule has 0 saturated carbocycles. The summed E-state index contributed by atoms with van der Waals surface area (Å²) in [6.07, 6.45) is 0.634. The maximum Gasteiger partial charge on any atom is 0.273 e. The number of aromatic nitrogens is 1. The lowest BCUT2D eigenvalue weighted by molar-refractivity contribution is -0.116. The largest absolute Gasteiger partial charge is 0.486 e. The van der Waals surface area contributed by atoms with Gasteiger partial charge in [-0.15, -0.1) is 11.3 Å². The third-order valence-corrected chi connectivity index (χ3v) is 4.87. The molecule has 0 atom stereocenters. The van der Waals surface area contributed by atoms with Gasteiger partial charge in [-0.1, -0.05) is 0 Å². The van der Waals surface area contributed by atoms with Gasteiger partial charge in [-0.2, -0.15) is 0 Å². The number of rotatable bonds is 7. The average Bonchev–Trinajstić information content (AvgIpc) is 3.14. The molecule has 0 spiro atoms. The van der Waals surface area contributed by atoms with Crippen molar-refractivity contribution in [2.24, 2.45) is 5.73 Å². The maximum atomic E-state index is 12.6. The first-order chi connectivity index (χ1) is 13.1. The molecule has 2 aromatic rings. The van der Waals surface area contributed by atoms with Crippen LogP contribution < -0.4 is 20.5 Å². The number of carbonyl (C=O) groups is 2. The highest BCUT2D eigenvalue weighted by atomic mass is 32.1. The first-order valence-electron chi connectivity index (χ1n) is 8.74. The van der Waals surface area contributed by atoms with Gasteiger partial charge in [0.05, 0.1) is 5.01 Å². The Hall–Kier alpha value is -2.65. The first kappa shape index (κ1) is 19.1. The number of fused-ring (bicyclic) bond motifs is 1. The highest BCUT2D eigenvalue weighted by Gasteiger charge is 2.20. The summed E-state index contributed by atoms with van der Waals surface area (Å²) in [5.41, 5.74) is 6.45. The monoisotopic (exact) mass is 390 g/mol. The van der Waals surface area contributed by atoms with Crippen LogP contribution in [0.1, 0.15) is 22.4 Å². The number of carbonyl (C=O) groups excluding carboxylic acids is 2. The van der Waals surface area contributed by atoms with Gasteiger partial charge in [0.2, 0.25) is 5.91 Å². The molecule has 3 N–H and O–H groups in total. The zero-order valence-corrected chi connectivity index (χ0v) is 15.9. The van der Waals surface area contributed by atoms with Crippen LogP contribution in [0.4, 0.5) is 5.69 Å². The summed E-state index contributed by atoms with van der Waals surface area (Å²) < 4.78 is 11.0. The third-order valence-electron chi connectivity index (χ3n) is 3.96. The number of ether oxygens (including phenoxy) is 2. The molecule has 1 aromatic carbocycles. The van der Waals surface area contributed by atoms with E-state index < -0.39 is 0 Å². The summed E-state index contributed by atoms with van der Waals surface area (Å²) in [5, 5.41) is 5.31. The van der Waals surface area contributed by atoms with Crippen molar-refractivity contribution < 1.29 is 19.1 Å². The van der Waals surface area contributed by atoms with Crippen LogP contribution in [0.2, 0.25) is 0 Å².